The van der Waals surface area contributed by atoms with Crippen LogP contribution in [0.4, 0.5) is 0 Å². The van der Waals surface area contributed by atoms with Gasteiger partial charge in [-0.2, -0.15) is 4.98 Å². The number of carbonyl (C=O) groups is 1. The van der Waals surface area contributed by atoms with Gasteiger partial charge in [-0.1, -0.05) is 29.4 Å². The van der Waals surface area contributed by atoms with E-state index in [2.05, 4.69) is 29.2 Å². The number of hydrogen-bond donors (Lipinski definition) is 0. The number of likely N-dealkylation sites (tertiary alicyclic amines) is 1. The molecular weight excluding hydrogens is 254 g/mol. The average molecular weight is 271 g/mol. The Morgan fingerprint density at radius 2 is 2.15 bits per heavy atom. The van der Waals surface area contributed by atoms with E-state index in [1.165, 1.54) is 11.1 Å². The van der Waals surface area contributed by atoms with Gasteiger partial charge in [-0.3, -0.25) is 4.79 Å². The minimum atomic E-state index is 0.0210. The maximum absolute atomic E-state index is 12.1. The van der Waals surface area contributed by atoms with Crippen LogP contribution in [0, 0.1) is 13.8 Å². The Morgan fingerprint density at radius 3 is 2.85 bits per heavy atom. The van der Waals surface area contributed by atoms with Crippen LogP contribution < -0.4 is 0 Å². The van der Waals surface area contributed by atoms with E-state index in [1.54, 1.807) is 6.92 Å². The van der Waals surface area contributed by atoms with Gasteiger partial charge in [-0.25, -0.2) is 0 Å². The lowest BCUT2D eigenvalue weighted by Gasteiger charge is -2.17. The van der Waals surface area contributed by atoms with Gasteiger partial charge >= 0.3 is 0 Å². The first-order valence-corrected chi connectivity index (χ1v) is 6.76. The lowest BCUT2D eigenvalue weighted by molar-refractivity contribution is -0.128. The Morgan fingerprint density at radius 1 is 1.35 bits per heavy atom. The van der Waals surface area contributed by atoms with Gasteiger partial charge in [0, 0.05) is 19.5 Å². The molecule has 3 rings (SSSR count). The second-order valence-corrected chi connectivity index (χ2v) is 5.28. The first-order valence-electron chi connectivity index (χ1n) is 6.76. The molecule has 1 aromatic heterocycles. The fourth-order valence-corrected chi connectivity index (χ4v) is 2.56. The van der Waals surface area contributed by atoms with Gasteiger partial charge in [0.25, 0.3) is 0 Å². The van der Waals surface area contributed by atoms with Crippen LogP contribution in [-0.2, 0) is 11.3 Å². The molecular formula is C15H17N3O2. The molecule has 1 atom stereocenters. The molecule has 1 fully saturated rings. The van der Waals surface area contributed by atoms with Crippen LogP contribution in [0.3, 0.4) is 0 Å². The average Bonchev–Trinajstić information content (AvgIpc) is 2.99. The number of benzene rings is 1. The highest BCUT2D eigenvalue weighted by molar-refractivity contribution is 5.79. The molecule has 2 heterocycles. The molecule has 1 amide bonds. The number of carbonyl (C=O) groups excluding carboxylic acids is 1. The second-order valence-electron chi connectivity index (χ2n) is 5.28. The Hall–Kier alpha value is -2.17. The molecule has 0 saturated carbocycles. The molecule has 104 valence electrons. The van der Waals surface area contributed by atoms with Crippen molar-refractivity contribution in [1.29, 1.82) is 0 Å². The quantitative estimate of drug-likeness (QED) is 0.858. The third-order valence-corrected chi connectivity index (χ3v) is 3.73. The van der Waals surface area contributed by atoms with Crippen molar-refractivity contribution < 1.29 is 9.32 Å². The number of hydrogen-bond acceptors (Lipinski definition) is 4. The van der Waals surface area contributed by atoms with Crippen LogP contribution in [0.5, 0.6) is 0 Å². The lowest BCUT2D eigenvalue weighted by atomic mass is 10.1. The predicted molar refractivity (Wildman–Crippen MR) is 73.0 cm³/mol. The van der Waals surface area contributed by atoms with Crippen molar-refractivity contribution in [3.8, 4) is 0 Å². The zero-order valence-corrected chi connectivity index (χ0v) is 11.7. The topological polar surface area (TPSA) is 59.2 Å². The van der Waals surface area contributed by atoms with E-state index >= 15 is 0 Å². The van der Waals surface area contributed by atoms with Gasteiger partial charge in [-0.05, 0) is 25.0 Å². The van der Waals surface area contributed by atoms with Crippen molar-refractivity contribution in [2.45, 2.75) is 32.7 Å². The second kappa shape index (κ2) is 5.07. The molecule has 2 aromatic rings. The van der Waals surface area contributed by atoms with Crippen LogP contribution in [0.25, 0.3) is 0 Å². The molecule has 1 saturated heterocycles. The van der Waals surface area contributed by atoms with Crippen LogP contribution in [0.1, 0.15) is 35.2 Å². The predicted octanol–water partition coefficient (Wildman–Crippen LogP) is 2.20. The normalized spacial score (nSPS) is 18.8. The molecule has 1 aromatic carbocycles. The molecule has 0 N–H and O–H groups in total. The highest BCUT2D eigenvalue weighted by Crippen LogP contribution is 2.28. The van der Waals surface area contributed by atoms with Crippen molar-refractivity contribution in [3.63, 3.8) is 0 Å². The maximum Gasteiger partial charge on any atom is 0.232 e. The molecule has 1 unspecified atom stereocenters. The van der Waals surface area contributed by atoms with Gasteiger partial charge in [0.05, 0.1) is 5.92 Å². The summed E-state index contributed by atoms with van der Waals surface area (Å²) in [4.78, 5) is 18.2. The summed E-state index contributed by atoms with van der Waals surface area (Å²) in [6, 6.07) is 8.14. The molecule has 0 bridgehead atoms. The maximum atomic E-state index is 12.1. The summed E-state index contributed by atoms with van der Waals surface area (Å²) >= 11 is 0. The van der Waals surface area contributed by atoms with E-state index in [1.807, 2.05) is 17.0 Å². The van der Waals surface area contributed by atoms with E-state index in [4.69, 9.17) is 4.52 Å². The number of rotatable bonds is 3. The fraction of sp³-hybridized carbons (Fsp3) is 0.400. The Balaban J connectivity index is 1.73. The minimum absolute atomic E-state index is 0.0210. The first-order chi connectivity index (χ1) is 9.63. The Kier molecular flexibility index (Phi) is 3.26. The molecule has 0 spiro atoms. The van der Waals surface area contributed by atoms with Crippen LogP contribution in [0.15, 0.2) is 28.8 Å². The van der Waals surface area contributed by atoms with Crippen molar-refractivity contribution in [2.75, 3.05) is 6.54 Å². The monoisotopic (exact) mass is 271 g/mol. The Labute approximate surface area is 117 Å². The number of aromatic nitrogens is 2. The molecule has 5 nitrogen and oxygen atoms in total. The van der Waals surface area contributed by atoms with E-state index in [0.717, 1.165) is 0 Å². The van der Waals surface area contributed by atoms with Gasteiger partial charge in [0.15, 0.2) is 5.82 Å². The van der Waals surface area contributed by atoms with Crippen LogP contribution >= 0.6 is 0 Å². The molecule has 5 heteroatoms. The van der Waals surface area contributed by atoms with E-state index in [0.29, 0.717) is 31.2 Å². The standard InChI is InChI=1S/C15H17N3O2/c1-10-5-3-4-6-12(10)8-18-9-13(7-14(18)19)15-16-11(2)17-20-15/h3-6,13H,7-9H2,1-2H3. The summed E-state index contributed by atoms with van der Waals surface area (Å²) in [5, 5.41) is 3.79. The summed E-state index contributed by atoms with van der Waals surface area (Å²) in [7, 11) is 0. The summed E-state index contributed by atoms with van der Waals surface area (Å²) in [5.41, 5.74) is 2.39. The molecule has 0 radical (unpaired) electrons. The molecule has 1 aliphatic rings. The zero-order chi connectivity index (χ0) is 14.1. The van der Waals surface area contributed by atoms with Gasteiger partial charge in [-0.15, -0.1) is 0 Å². The van der Waals surface area contributed by atoms with Crippen molar-refractivity contribution in [3.05, 3.63) is 47.1 Å². The number of amides is 1. The third-order valence-electron chi connectivity index (χ3n) is 3.73. The van der Waals surface area contributed by atoms with E-state index < -0.39 is 0 Å². The molecule has 0 aliphatic carbocycles. The van der Waals surface area contributed by atoms with Crippen molar-refractivity contribution in [1.82, 2.24) is 15.0 Å². The largest absolute Gasteiger partial charge is 0.339 e. The fourth-order valence-electron chi connectivity index (χ4n) is 2.56. The van der Waals surface area contributed by atoms with Crippen LogP contribution in [0.2, 0.25) is 0 Å². The lowest BCUT2D eigenvalue weighted by Crippen LogP contribution is -2.24. The Bertz CT molecular complexity index is 636. The number of nitrogens with zero attached hydrogens (tertiary/aromatic N) is 3. The summed E-state index contributed by atoms with van der Waals surface area (Å²) in [6.07, 6.45) is 0.452. The van der Waals surface area contributed by atoms with E-state index in [-0.39, 0.29) is 11.8 Å². The summed E-state index contributed by atoms with van der Waals surface area (Å²) in [5.74, 6) is 1.36. The van der Waals surface area contributed by atoms with Gasteiger partial charge in [0.1, 0.15) is 0 Å². The van der Waals surface area contributed by atoms with E-state index in [9.17, 15) is 4.79 Å². The zero-order valence-electron chi connectivity index (χ0n) is 11.7. The van der Waals surface area contributed by atoms with Gasteiger partial charge in [0.2, 0.25) is 11.8 Å². The number of aryl methyl sites for hydroxylation is 2. The van der Waals surface area contributed by atoms with Crippen molar-refractivity contribution in [2.24, 2.45) is 0 Å². The highest BCUT2D eigenvalue weighted by atomic mass is 16.5. The van der Waals surface area contributed by atoms with Crippen molar-refractivity contribution >= 4 is 5.91 Å². The smallest absolute Gasteiger partial charge is 0.232 e. The molecule has 1 aliphatic heterocycles. The highest BCUT2D eigenvalue weighted by Gasteiger charge is 2.34. The summed E-state index contributed by atoms with van der Waals surface area (Å²) in [6.45, 7) is 5.15. The van der Waals surface area contributed by atoms with Gasteiger partial charge < -0.3 is 9.42 Å². The summed E-state index contributed by atoms with van der Waals surface area (Å²) < 4.78 is 5.18. The molecule has 20 heavy (non-hydrogen) atoms. The third kappa shape index (κ3) is 2.43. The SMILES string of the molecule is Cc1noc(C2CC(=O)N(Cc3ccccc3C)C2)n1. The minimum Gasteiger partial charge on any atom is -0.339 e. The van der Waals surface area contributed by atoms with Crippen LogP contribution in [-0.4, -0.2) is 27.5 Å². The first kappa shape index (κ1) is 12.8.